The first-order valence-corrected chi connectivity index (χ1v) is 8.36. The van der Waals surface area contributed by atoms with Gasteiger partial charge in [0.1, 0.15) is 0 Å². The van der Waals surface area contributed by atoms with Crippen molar-refractivity contribution in [3.8, 4) is 0 Å². The molecule has 110 valence electrons. The Bertz CT molecular complexity index is 466. The van der Waals surface area contributed by atoms with Gasteiger partial charge in [-0.05, 0) is 56.2 Å². The molecule has 1 saturated heterocycles. The van der Waals surface area contributed by atoms with E-state index in [1.807, 2.05) is 6.92 Å². The van der Waals surface area contributed by atoms with Crippen LogP contribution in [0.4, 0.5) is 5.69 Å². The third-order valence-electron chi connectivity index (χ3n) is 5.05. The first-order valence-electron chi connectivity index (χ1n) is 7.98. The van der Waals surface area contributed by atoms with Gasteiger partial charge in [-0.15, -0.1) is 0 Å². The van der Waals surface area contributed by atoms with Crippen LogP contribution in [0.2, 0.25) is 5.02 Å². The molecule has 0 bridgehead atoms. The first-order chi connectivity index (χ1) is 9.66. The molecule has 1 saturated carbocycles. The number of nitrogens with zero attached hydrogens (tertiary/aromatic N) is 1. The van der Waals surface area contributed by atoms with Gasteiger partial charge in [-0.3, -0.25) is 0 Å². The van der Waals surface area contributed by atoms with Crippen LogP contribution in [-0.4, -0.2) is 12.6 Å². The Hall–Kier alpha value is -0.730. The molecule has 1 aromatic rings. The van der Waals surface area contributed by atoms with Gasteiger partial charge in [0.05, 0.1) is 0 Å². The lowest BCUT2D eigenvalue weighted by molar-refractivity contribution is 0.431. The summed E-state index contributed by atoms with van der Waals surface area (Å²) in [6.45, 7) is 3.16. The van der Waals surface area contributed by atoms with Crippen LogP contribution in [-0.2, 0) is 0 Å². The van der Waals surface area contributed by atoms with Crippen LogP contribution in [0.15, 0.2) is 18.2 Å². The fourth-order valence-electron chi connectivity index (χ4n) is 4.01. The summed E-state index contributed by atoms with van der Waals surface area (Å²) < 4.78 is 0. The van der Waals surface area contributed by atoms with E-state index in [2.05, 4.69) is 23.1 Å². The van der Waals surface area contributed by atoms with Gasteiger partial charge in [0, 0.05) is 29.3 Å². The molecule has 2 nitrogen and oxygen atoms in total. The van der Waals surface area contributed by atoms with Crippen molar-refractivity contribution in [1.82, 2.24) is 0 Å². The highest BCUT2D eigenvalue weighted by atomic mass is 35.5. The average Bonchev–Trinajstić information content (AvgIpc) is 3.09. The summed E-state index contributed by atoms with van der Waals surface area (Å²) in [4.78, 5) is 2.59. The third kappa shape index (κ3) is 2.68. The normalized spacial score (nSPS) is 25.4. The van der Waals surface area contributed by atoms with Crippen LogP contribution < -0.4 is 10.6 Å². The molecule has 1 aliphatic heterocycles. The topological polar surface area (TPSA) is 29.3 Å². The number of rotatable bonds is 3. The van der Waals surface area contributed by atoms with Crippen molar-refractivity contribution in [2.75, 3.05) is 11.4 Å². The zero-order valence-corrected chi connectivity index (χ0v) is 13.1. The lowest BCUT2D eigenvalue weighted by Gasteiger charge is -2.31. The number of anilines is 1. The van der Waals surface area contributed by atoms with E-state index < -0.39 is 0 Å². The van der Waals surface area contributed by atoms with E-state index in [1.54, 1.807) is 0 Å². The summed E-state index contributed by atoms with van der Waals surface area (Å²) in [6, 6.07) is 7.16. The zero-order valence-electron chi connectivity index (χ0n) is 12.3. The number of halogens is 1. The summed E-state index contributed by atoms with van der Waals surface area (Å²) in [5.41, 5.74) is 8.28. The lowest BCUT2D eigenvalue weighted by atomic mass is 9.95. The van der Waals surface area contributed by atoms with Crippen molar-refractivity contribution in [3.63, 3.8) is 0 Å². The van der Waals surface area contributed by atoms with Gasteiger partial charge in [0.15, 0.2) is 0 Å². The predicted octanol–water partition coefficient (Wildman–Crippen LogP) is 4.52. The summed E-state index contributed by atoms with van der Waals surface area (Å²) in [7, 11) is 0. The summed E-state index contributed by atoms with van der Waals surface area (Å²) in [6.07, 6.45) is 8.31. The fourth-order valence-corrected chi connectivity index (χ4v) is 4.36. The van der Waals surface area contributed by atoms with Crippen LogP contribution >= 0.6 is 11.6 Å². The maximum Gasteiger partial charge on any atom is 0.0474 e. The molecule has 0 radical (unpaired) electrons. The number of hydrogen-bond donors (Lipinski definition) is 1. The van der Waals surface area contributed by atoms with Crippen molar-refractivity contribution in [1.29, 1.82) is 0 Å². The van der Waals surface area contributed by atoms with E-state index in [1.165, 1.54) is 50.8 Å². The summed E-state index contributed by atoms with van der Waals surface area (Å²) in [5.74, 6) is 0.893. The molecule has 3 heteroatoms. The summed E-state index contributed by atoms with van der Waals surface area (Å²) >= 11 is 6.40. The molecule has 3 rings (SSSR count). The number of hydrogen-bond acceptors (Lipinski definition) is 2. The molecule has 2 unspecified atom stereocenters. The molecule has 20 heavy (non-hydrogen) atoms. The molecule has 0 aromatic heterocycles. The van der Waals surface area contributed by atoms with Crippen molar-refractivity contribution in [2.45, 2.75) is 57.5 Å². The van der Waals surface area contributed by atoms with Gasteiger partial charge in [0.2, 0.25) is 0 Å². The average molecular weight is 293 g/mol. The molecule has 2 atom stereocenters. The second-order valence-electron chi connectivity index (χ2n) is 6.44. The van der Waals surface area contributed by atoms with E-state index in [0.717, 1.165) is 22.5 Å². The standard InChI is InChI=1S/C17H25ClN2/c1-12(19)15-9-8-14(11-16(15)18)20-10-4-7-17(20)13-5-2-3-6-13/h8-9,11-13,17H,2-7,10,19H2,1H3. The highest BCUT2D eigenvalue weighted by molar-refractivity contribution is 6.31. The largest absolute Gasteiger partial charge is 0.368 e. The van der Waals surface area contributed by atoms with Crippen molar-refractivity contribution in [3.05, 3.63) is 28.8 Å². The van der Waals surface area contributed by atoms with Crippen molar-refractivity contribution < 1.29 is 0 Å². The molecule has 2 fully saturated rings. The predicted molar refractivity (Wildman–Crippen MR) is 86.4 cm³/mol. The Kier molecular flexibility index (Phi) is 4.23. The van der Waals surface area contributed by atoms with Gasteiger partial charge < -0.3 is 10.6 Å². The van der Waals surface area contributed by atoms with Crippen LogP contribution in [0.1, 0.15) is 57.1 Å². The molecule has 1 heterocycles. The summed E-state index contributed by atoms with van der Waals surface area (Å²) in [5, 5.41) is 0.814. The van der Waals surface area contributed by atoms with E-state index >= 15 is 0 Å². The van der Waals surface area contributed by atoms with E-state index in [4.69, 9.17) is 17.3 Å². The maximum atomic E-state index is 6.40. The van der Waals surface area contributed by atoms with E-state index in [0.29, 0.717) is 0 Å². The monoisotopic (exact) mass is 292 g/mol. The van der Waals surface area contributed by atoms with E-state index in [-0.39, 0.29) is 6.04 Å². The first kappa shape index (κ1) is 14.2. The second-order valence-corrected chi connectivity index (χ2v) is 6.85. The molecular weight excluding hydrogens is 268 g/mol. The molecular formula is C17H25ClN2. The van der Waals surface area contributed by atoms with Gasteiger partial charge in [-0.2, -0.15) is 0 Å². The molecule has 2 N–H and O–H groups in total. The van der Waals surface area contributed by atoms with Crippen LogP contribution in [0.3, 0.4) is 0 Å². The minimum absolute atomic E-state index is 0.000701. The molecule has 1 aromatic carbocycles. The van der Waals surface area contributed by atoms with Crippen molar-refractivity contribution >= 4 is 17.3 Å². The molecule has 2 aliphatic rings. The van der Waals surface area contributed by atoms with Gasteiger partial charge >= 0.3 is 0 Å². The number of nitrogens with two attached hydrogens (primary N) is 1. The third-order valence-corrected chi connectivity index (χ3v) is 5.38. The smallest absolute Gasteiger partial charge is 0.0474 e. The Morgan fingerprint density at radius 3 is 2.60 bits per heavy atom. The maximum absolute atomic E-state index is 6.40. The fraction of sp³-hybridized carbons (Fsp3) is 0.647. The Balaban J connectivity index is 1.82. The minimum atomic E-state index is 0.000701. The van der Waals surface area contributed by atoms with Crippen LogP contribution in [0.25, 0.3) is 0 Å². The molecule has 0 spiro atoms. The van der Waals surface area contributed by atoms with Crippen LogP contribution in [0.5, 0.6) is 0 Å². The van der Waals surface area contributed by atoms with Crippen molar-refractivity contribution in [2.24, 2.45) is 11.7 Å². The zero-order chi connectivity index (χ0) is 14.1. The lowest BCUT2D eigenvalue weighted by Crippen LogP contribution is -2.34. The van der Waals surface area contributed by atoms with E-state index in [9.17, 15) is 0 Å². The Labute approximate surface area is 127 Å². The minimum Gasteiger partial charge on any atom is -0.368 e. The highest BCUT2D eigenvalue weighted by Crippen LogP contribution is 2.38. The van der Waals surface area contributed by atoms with Gasteiger partial charge in [0.25, 0.3) is 0 Å². The van der Waals surface area contributed by atoms with Gasteiger partial charge in [-0.1, -0.05) is 30.5 Å². The Morgan fingerprint density at radius 1 is 1.20 bits per heavy atom. The molecule has 0 amide bonds. The SMILES string of the molecule is CC(N)c1ccc(N2CCCC2C2CCCC2)cc1Cl. The number of benzene rings is 1. The van der Waals surface area contributed by atoms with Crippen LogP contribution in [0, 0.1) is 5.92 Å². The second kappa shape index (κ2) is 5.95. The quantitative estimate of drug-likeness (QED) is 0.887. The highest BCUT2D eigenvalue weighted by Gasteiger charge is 2.33. The van der Waals surface area contributed by atoms with Gasteiger partial charge in [-0.25, -0.2) is 0 Å². The molecule has 1 aliphatic carbocycles. The Morgan fingerprint density at radius 2 is 1.95 bits per heavy atom.